The van der Waals surface area contributed by atoms with Gasteiger partial charge < -0.3 is 4.74 Å². The van der Waals surface area contributed by atoms with Crippen LogP contribution < -0.4 is 9.92 Å². The molecule has 0 amide bonds. The summed E-state index contributed by atoms with van der Waals surface area (Å²) in [4.78, 5) is 0. The van der Waals surface area contributed by atoms with Crippen molar-refractivity contribution in [1.82, 2.24) is 0 Å². The fourth-order valence-electron chi connectivity index (χ4n) is 8.09. The Morgan fingerprint density at radius 3 is 1.66 bits per heavy atom. The number of hydrogen-bond acceptors (Lipinski definition) is 1. The van der Waals surface area contributed by atoms with Crippen LogP contribution >= 0.6 is 0 Å². The van der Waals surface area contributed by atoms with Crippen molar-refractivity contribution >= 4 is 24.0 Å². The lowest BCUT2D eigenvalue weighted by atomic mass is 9.97. The van der Waals surface area contributed by atoms with Crippen LogP contribution in [-0.2, 0) is 12.8 Å². The van der Waals surface area contributed by atoms with Gasteiger partial charge >= 0.3 is 0 Å². The van der Waals surface area contributed by atoms with Gasteiger partial charge in [-0.1, -0.05) is 174 Å². The minimum Gasteiger partial charge on any atom is -0.489 e. The summed E-state index contributed by atoms with van der Waals surface area (Å²) in [6.45, 7) is 14.1. The Labute approximate surface area is 300 Å². The molecule has 0 N–H and O–H groups in total. The summed E-state index contributed by atoms with van der Waals surface area (Å²) < 4.78 is 6.60. The molecule has 7 rings (SSSR count). The number of aryl methyl sites for hydroxylation is 2. The molecule has 1 aliphatic carbocycles. The summed E-state index contributed by atoms with van der Waals surface area (Å²) in [6, 6.07) is 46.3. The van der Waals surface area contributed by atoms with Crippen molar-refractivity contribution in [3.8, 4) is 39.1 Å². The van der Waals surface area contributed by atoms with Gasteiger partial charge in [0.15, 0.2) is 0 Å². The second-order valence-corrected chi connectivity index (χ2v) is 19.2. The molecular formula is C48H50OSi. The molecule has 252 valence electrons. The Balaban J connectivity index is 1.37. The smallest absolute Gasteiger partial charge is 0.126 e. The highest BCUT2D eigenvalue weighted by atomic mass is 28.3. The van der Waals surface area contributed by atoms with E-state index in [4.69, 9.17) is 4.74 Å². The number of benzene rings is 6. The molecule has 1 aliphatic rings. The number of hydrogen-bond donors (Lipinski definition) is 0. The summed E-state index contributed by atoms with van der Waals surface area (Å²) in [5.74, 6) is 1.02. The van der Waals surface area contributed by atoms with Crippen molar-refractivity contribution in [3.63, 3.8) is 0 Å². The summed E-state index contributed by atoms with van der Waals surface area (Å²) in [5, 5.41) is 3.75. The number of ether oxygens (including phenoxy) is 1. The van der Waals surface area contributed by atoms with Crippen LogP contribution in [0.25, 0.3) is 44.2 Å². The molecule has 0 saturated carbocycles. The second-order valence-electron chi connectivity index (χ2n) is 14.6. The van der Waals surface area contributed by atoms with E-state index in [1.807, 2.05) is 6.08 Å². The maximum absolute atomic E-state index is 6.60. The summed E-state index contributed by atoms with van der Waals surface area (Å²) in [5.41, 5.74) is 13.9. The van der Waals surface area contributed by atoms with E-state index in [9.17, 15) is 0 Å². The van der Waals surface area contributed by atoms with Crippen molar-refractivity contribution in [2.24, 2.45) is 0 Å². The van der Waals surface area contributed by atoms with E-state index in [0.29, 0.717) is 6.61 Å². The molecule has 2 heteroatoms. The van der Waals surface area contributed by atoms with Crippen molar-refractivity contribution < 1.29 is 4.74 Å². The molecule has 0 spiro atoms. The van der Waals surface area contributed by atoms with Gasteiger partial charge in [-0.3, -0.25) is 0 Å². The van der Waals surface area contributed by atoms with E-state index in [-0.39, 0.29) is 5.54 Å². The summed E-state index contributed by atoms with van der Waals surface area (Å²) in [6.07, 6.45) is 9.05. The molecule has 0 atom stereocenters. The van der Waals surface area contributed by atoms with Gasteiger partial charge in [0.05, 0.1) is 8.07 Å². The van der Waals surface area contributed by atoms with E-state index in [2.05, 4.69) is 155 Å². The first-order chi connectivity index (χ1) is 24.4. The predicted octanol–water partition coefficient (Wildman–Crippen LogP) is 12.7. The van der Waals surface area contributed by atoms with Crippen LogP contribution in [0, 0.1) is 0 Å². The highest BCUT2D eigenvalue weighted by Gasteiger charge is 2.44. The van der Waals surface area contributed by atoms with Crippen molar-refractivity contribution in [2.45, 2.75) is 71.0 Å². The molecule has 0 aliphatic heterocycles. The quantitative estimate of drug-likeness (QED) is 0.0878. The van der Waals surface area contributed by atoms with Gasteiger partial charge in [-0.2, -0.15) is 0 Å². The van der Waals surface area contributed by atoms with Crippen molar-refractivity contribution in [1.29, 1.82) is 0 Å². The zero-order valence-electron chi connectivity index (χ0n) is 30.3. The Bertz CT molecular complexity index is 2020. The molecule has 0 radical (unpaired) electrons. The molecule has 6 aromatic carbocycles. The number of fused-ring (bicyclic) bond motifs is 4. The van der Waals surface area contributed by atoms with Gasteiger partial charge in [0.25, 0.3) is 0 Å². The summed E-state index contributed by atoms with van der Waals surface area (Å²) in [7, 11) is -2.32. The van der Waals surface area contributed by atoms with Gasteiger partial charge in [-0.05, 0) is 91.9 Å². The third-order valence-electron chi connectivity index (χ3n) is 10.9. The van der Waals surface area contributed by atoms with Gasteiger partial charge in [0.1, 0.15) is 12.4 Å². The molecule has 6 aromatic rings. The molecule has 0 heterocycles. The minimum absolute atomic E-state index is 0.257. The van der Waals surface area contributed by atoms with Gasteiger partial charge in [0.2, 0.25) is 0 Å². The molecule has 0 bridgehead atoms. The fourth-order valence-corrected chi connectivity index (χ4v) is 11.7. The topological polar surface area (TPSA) is 9.23 Å². The molecule has 0 unspecified atom stereocenters. The van der Waals surface area contributed by atoms with Crippen LogP contribution in [0.2, 0.25) is 13.1 Å². The Morgan fingerprint density at radius 1 is 0.620 bits per heavy atom. The normalized spacial score (nSPS) is 12.6. The third-order valence-corrected chi connectivity index (χ3v) is 14.7. The van der Waals surface area contributed by atoms with Gasteiger partial charge in [-0.25, -0.2) is 0 Å². The van der Waals surface area contributed by atoms with E-state index in [1.54, 1.807) is 0 Å². The van der Waals surface area contributed by atoms with Crippen molar-refractivity contribution in [2.75, 3.05) is 6.61 Å². The zero-order valence-corrected chi connectivity index (χ0v) is 31.3. The van der Waals surface area contributed by atoms with Crippen LogP contribution in [0.15, 0.2) is 134 Å². The largest absolute Gasteiger partial charge is 0.489 e. The molecule has 1 nitrogen and oxygen atoms in total. The highest BCUT2D eigenvalue weighted by Crippen LogP contribution is 2.51. The van der Waals surface area contributed by atoms with Crippen LogP contribution in [0.4, 0.5) is 0 Å². The molecular weight excluding hydrogens is 621 g/mol. The Kier molecular flexibility index (Phi) is 9.92. The van der Waals surface area contributed by atoms with Gasteiger partial charge in [0, 0.05) is 10.9 Å². The average molecular weight is 671 g/mol. The summed E-state index contributed by atoms with van der Waals surface area (Å²) >= 11 is 0. The maximum atomic E-state index is 6.60. The maximum Gasteiger partial charge on any atom is 0.126 e. The molecule has 0 fully saturated rings. The second kappa shape index (κ2) is 14.7. The Hall–Kier alpha value is -4.66. The molecule has 50 heavy (non-hydrogen) atoms. The van der Waals surface area contributed by atoms with E-state index in [0.717, 1.165) is 18.6 Å². The standard InChI is InChI=1S/C48H50OSi/c1-6-9-13-34-17-21-36(22-18-34)39-25-28-42-43-29-26-40(37-23-19-35(20-24-37)14-10-7-2)33-45(43)48(44(42)32-39)50(4,5)46-30-27-38-15-11-12-16-41(38)47(46)49-31-8-3/h8,11-12,15-30,32-33,48H,3,6-7,9-10,13-14,31H2,1-2,4-5H3. The predicted molar refractivity (Wildman–Crippen MR) is 219 cm³/mol. The van der Waals surface area contributed by atoms with Crippen LogP contribution in [0.5, 0.6) is 5.75 Å². The van der Waals surface area contributed by atoms with E-state index in [1.165, 1.54) is 97.3 Å². The third kappa shape index (κ3) is 6.50. The first-order valence-corrected chi connectivity index (χ1v) is 21.7. The first-order valence-electron chi connectivity index (χ1n) is 18.7. The lowest BCUT2D eigenvalue weighted by Crippen LogP contribution is -2.48. The van der Waals surface area contributed by atoms with Crippen LogP contribution in [0.1, 0.15) is 67.3 Å². The van der Waals surface area contributed by atoms with Gasteiger partial charge in [-0.15, -0.1) is 0 Å². The van der Waals surface area contributed by atoms with Crippen molar-refractivity contribution in [3.05, 3.63) is 156 Å². The molecule has 0 aromatic heterocycles. The number of unbranched alkanes of at least 4 members (excludes halogenated alkanes) is 2. The molecule has 0 saturated heterocycles. The SMILES string of the molecule is C=CCOc1c([Si](C)(C)C2c3cc(-c4ccc(CCCC)cc4)ccc3-c3ccc(-c4ccc(CCCC)cc4)cc32)ccc2ccccc12. The number of rotatable bonds is 13. The van der Waals surface area contributed by atoms with Crippen LogP contribution in [-0.4, -0.2) is 14.7 Å². The lowest BCUT2D eigenvalue weighted by Gasteiger charge is -2.34. The monoisotopic (exact) mass is 670 g/mol. The fraction of sp³-hybridized carbons (Fsp3) is 0.250. The highest BCUT2D eigenvalue weighted by molar-refractivity contribution is 6.92. The van der Waals surface area contributed by atoms with Crippen LogP contribution in [0.3, 0.4) is 0 Å². The Morgan fingerprint density at radius 2 is 1.14 bits per heavy atom. The zero-order chi connectivity index (χ0) is 34.7. The average Bonchev–Trinajstić information content (AvgIpc) is 3.49. The van der Waals surface area contributed by atoms with E-state index < -0.39 is 8.07 Å². The lowest BCUT2D eigenvalue weighted by molar-refractivity contribution is 0.370. The van der Waals surface area contributed by atoms with E-state index >= 15 is 0 Å². The minimum atomic E-state index is -2.32. The first kappa shape index (κ1) is 33.8.